The molecule has 1 atom stereocenters. The van der Waals surface area contributed by atoms with Gasteiger partial charge in [-0.05, 0) is 49.3 Å². The molecular weight excluding hydrogens is 342 g/mol. The van der Waals surface area contributed by atoms with Gasteiger partial charge in [-0.15, -0.1) is 0 Å². The molecular formula is C21H35N3O3. The largest absolute Gasteiger partial charge is 0.497 e. The number of aliphatic imine (C=N–C) groups is 1. The minimum absolute atomic E-state index is 0.371. The van der Waals surface area contributed by atoms with E-state index in [9.17, 15) is 0 Å². The Labute approximate surface area is 163 Å². The molecule has 6 nitrogen and oxygen atoms in total. The van der Waals surface area contributed by atoms with Crippen LogP contribution in [0.2, 0.25) is 0 Å². The van der Waals surface area contributed by atoms with Crippen molar-refractivity contribution in [2.75, 3.05) is 47.1 Å². The molecule has 1 fully saturated rings. The van der Waals surface area contributed by atoms with E-state index in [1.54, 1.807) is 14.2 Å². The lowest BCUT2D eigenvalue weighted by Crippen LogP contribution is -2.38. The normalized spacial score (nSPS) is 16.8. The Morgan fingerprint density at radius 1 is 1.19 bits per heavy atom. The number of nitrogens with one attached hydrogen (secondary N) is 2. The van der Waals surface area contributed by atoms with Gasteiger partial charge in [0.1, 0.15) is 5.75 Å². The monoisotopic (exact) mass is 377 g/mol. The minimum atomic E-state index is 0.371. The van der Waals surface area contributed by atoms with Crippen molar-refractivity contribution in [1.82, 2.24) is 10.6 Å². The van der Waals surface area contributed by atoms with Crippen molar-refractivity contribution in [1.29, 1.82) is 0 Å². The first-order valence-corrected chi connectivity index (χ1v) is 10.0. The second kappa shape index (κ2) is 12.6. The van der Waals surface area contributed by atoms with Gasteiger partial charge in [0.2, 0.25) is 0 Å². The van der Waals surface area contributed by atoms with Gasteiger partial charge in [-0.3, -0.25) is 4.99 Å². The fourth-order valence-corrected chi connectivity index (χ4v) is 3.10. The van der Waals surface area contributed by atoms with Crippen LogP contribution in [0.4, 0.5) is 0 Å². The number of ether oxygens (including phenoxy) is 3. The fraction of sp³-hybridized carbons (Fsp3) is 0.667. The molecule has 1 saturated heterocycles. The lowest BCUT2D eigenvalue weighted by atomic mass is 9.98. The molecule has 152 valence electrons. The zero-order valence-corrected chi connectivity index (χ0v) is 17.0. The van der Waals surface area contributed by atoms with Gasteiger partial charge in [0.15, 0.2) is 5.96 Å². The van der Waals surface area contributed by atoms with Crippen LogP contribution in [0.25, 0.3) is 0 Å². The highest BCUT2D eigenvalue weighted by molar-refractivity contribution is 5.79. The standard InChI is InChI=1S/C21H35N3O3/c1-17(18-5-7-19(25-3)8-6-18)9-13-24-21(22-2)23-12-4-14-27-20-10-15-26-16-11-20/h5-8,17,20H,4,9-16H2,1-3H3,(H2,22,23,24). The van der Waals surface area contributed by atoms with Gasteiger partial charge in [0.05, 0.1) is 13.2 Å². The second-order valence-corrected chi connectivity index (χ2v) is 6.92. The summed E-state index contributed by atoms with van der Waals surface area (Å²) in [6.07, 6.45) is 4.42. The fourth-order valence-electron chi connectivity index (χ4n) is 3.10. The molecule has 0 aliphatic carbocycles. The summed E-state index contributed by atoms with van der Waals surface area (Å²) in [4.78, 5) is 4.29. The molecule has 1 aromatic rings. The number of hydrogen-bond donors (Lipinski definition) is 2. The van der Waals surface area contributed by atoms with Crippen LogP contribution < -0.4 is 15.4 Å². The molecule has 0 bridgehead atoms. The van der Waals surface area contributed by atoms with Crippen LogP contribution in [-0.2, 0) is 9.47 Å². The lowest BCUT2D eigenvalue weighted by molar-refractivity contribution is -0.0320. The Hall–Kier alpha value is -1.79. The SMILES string of the molecule is CN=C(NCCCOC1CCOCC1)NCCC(C)c1ccc(OC)cc1. The third kappa shape index (κ3) is 8.18. The summed E-state index contributed by atoms with van der Waals surface area (Å²) in [6, 6.07) is 8.30. The highest BCUT2D eigenvalue weighted by atomic mass is 16.5. The molecule has 0 aromatic heterocycles. The van der Waals surface area contributed by atoms with Gasteiger partial charge < -0.3 is 24.8 Å². The van der Waals surface area contributed by atoms with E-state index in [1.807, 2.05) is 12.1 Å². The number of nitrogens with zero attached hydrogens (tertiary/aromatic N) is 1. The van der Waals surface area contributed by atoms with Crippen molar-refractivity contribution in [3.63, 3.8) is 0 Å². The van der Waals surface area contributed by atoms with Crippen LogP contribution in [0.3, 0.4) is 0 Å². The highest BCUT2D eigenvalue weighted by Gasteiger charge is 2.13. The van der Waals surface area contributed by atoms with E-state index >= 15 is 0 Å². The lowest BCUT2D eigenvalue weighted by Gasteiger charge is -2.22. The molecule has 1 aromatic carbocycles. The minimum Gasteiger partial charge on any atom is -0.497 e. The summed E-state index contributed by atoms with van der Waals surface area (Å²) in [6.45, 7) is 6.42. The Morgan fingerprint density at radius 3 is 2.56 bits per heavy atom. The zero-order valence-electron chi connectivity index (χ0n) is 17.0. The predicted octanol–water partition coefficient (Wildman–Crippen LogP) is 2.94. The molecule has 1 unspecified atom stereocenters. The van der Waals surface area contributed by atoms with E-state index in [-0.39, 0.29) is 0 Å². The summed E-state index contributed by atoms with van der Waals surface area (Å²) >= 11 is 0. The Balaban J connectivity index is 1.56. The zero-order chi connectivity index (χ0) is 19.3. The average molecular weight is 378 g/mol. The maximum absolute atomic E-state index is 5.89. The molecule has 1 aliphatic rings. The van der Waals surface area contributed by atoms with Crippen LogP contribution in [0.1, 0.15) is 44.1 Å². The molecule has 2 rings (SSSR count). The molecule has 0 saturated carbocycles. The van der Waals surface area contributed by atoms with Gasteiger partial charge in [-0.2, -0.15) is 0 Å². The van der Waals surface area contributed by atoms with Crippen molar-refractivity contribution in [2.45, 2.75) is 44.6 Å². The summed E-state index contributed by atoms with van der Waals surface area (Å²) in [5, 5.41) is 6.74. The number of rotatable bonds is 10. The molecule has 27 heavy (non-hydrogen) atoms. The van der Waals surface area contributed by atoms with Crippen molar-refractivity contribution >= 4 is 5.96 Å². The number of benzene rings is 1. The third-order valence-corrected chi connectivity index (χ3v) is 4.91. The van der Waals surface area contributed by atoms with E-state index in [0.717, 1.165) is 70.3 Å². The van der Waals surface area contributed by atoms with Crippen LogP contribution >= 0.6 is 0 Å². The topological polar surface area (TPSA) is 64.1 Å². The number of methoxy groups -OCH3 is 1. The van der Waals surface area contributed by atoms with Crippen LogP contribution in [-0.4, -0.2) is 59.1 Å². The Morgan fingerprint density at radius 2 is 1.89 bits per heavy atom. The summed E-state index contributed by atoms with van der Waals surface area (Å²) < 4.78 is 16.4. The van der Waals surface area contributed by atoms with Gasteiger partial charge in [0.25, 0.3) is 0 Å². The second-order valence-electron chi connectivity index (χ2n) is 6.92. The molecule has 1 aliphatic heterocycles. The first-order valence-electron chi connectivity index (χ1n) is 10.0. The molecule has 0 radical (unpaired) electrons. The van der Waals surface area contributed by atoms with E-state index in [1.165, 1.54) is 5.56 Å². The predicted molar refractivity (Wildman–Crippen MR) is 110 cm³/mol. The maximum Gasteiger partial charge on any atom is 0.190 e. The molecule has 2 N–H and O–H groups in total. The summed E-state index contributed by atoms with van der Waals surface area (Å²) in [7, 11) is 3.50. The van der Waals surface area contributed by atoms with Crippen LogP contribution in [0.15, 0.2) is 29.3 Å². The van der Waals surface area contributed by atoms with Gasteiger partial charge in [-0.1, -0.05) is 19.1 Å². The van der Waals surface area contributed by atoms with Gasteiger partial charge in [0, 0.05) is 40.0 Å². The van der Waals surface area contributed by atoms with Crippen molar-refractivity contribution in [3.05, 3.63) is 29.8 Å². The smallest absolute Gasteiger partial charge is 0.190 e. The number of hydrogen-bond acceptors (Lipinski definition) is 4. The summed E-state index contributed by atoms with van der Waals surface area (Å²) in [5.74, 6) is 2.23. The molecule has 6 heteroatoms. The van der Waals surface area contributed by atoms with Crippen molar-refractivity contribution in [3.8, 4) is 5.75 Å². The van der Waals surface area contributed by atoms with E-state index in [4.69, 9.17) is 14.2 Å². The van der Waals surface area contributed by atoms with E-state index in [0.29, 0.717) is 12.0 Å². The van der Waals surface area contributed by atoms with Gasteiger partial charge in [-0.25, -0.2) is 0 Å². The quantitative estimate of drug-likeness (QED) is 0.373. The third-order valence-electron chi connectivity index (χ3n) is 4.91. The highest BCUT2D eigenvalue weighted by Crippen LogP contribution is 2.21. The van der Waals surface area contributed by atoms with Gasteiger partial charge >= 0.3 is 0 Å². The molecule has 0 amide bonds. The first kappa shape index (κ1) is 21.5. The van der Waals surface area contributed by atoms with Crippen LogP contribution in [0.5, 0.6) is 5.75 Å². The average Bonchev–Trinajstić information content (AvgIpc) is 2.73. The van der Waals surface area contributed by atoms with Crippen molar-refractivity contribution in [2.24, 2.45) is 4.99 Å². The Bertz CT molecular complexity index is 542. The van der Waals surface area contributed by atoms with Crippen molar-refractivity contribution < 1.29 is 14.2 Å². The van der Waals surface area contributed by atoms with E-state index < -0.39 is 0 Å². The molecule has 0 spiro atoms. The van der Waals surface area contributed by atoms with E-state index in [2.05, 4.69) is 34.7 Å². The number of guanidine groups is 1. The first-order chi connectivity index (χ1) is 13.2. The van der Waals surface area contributed by atoms with Crippen LogP contribution in [0, 0.1) is 0 Å². The summed E-state index contributed by atoms with van der Waals surface area (Å²) in [5.41, 5.74) is 1.32. The molecule has 1 heterocycles. The maximum atomic E-state index is 5.89. The Kier molecular flexibility index (Phi) is 10.0.